The van der Waals surface area contributed by atoms with Crippen LogP contribution in [0.15, 0.2) is 33.6 Å². The van der Waals surface area contributed by atoms with Gasteiger partial charge in [-0.2, -0.15) is 5.26 Å². The number of carbonyl (C=O) groups is 1. The van der Waals surface area contributed by atoms with Crippen LogP contribution >= 0.6 is 0 Å². The molecule has 1 saturated carbocycles. The molecule has 1 aliphatic carbocycles. The molecule has 1 heterocycles. The number of benzene rings is 1. The van der Waals surface area contributed by atoms with Crippen LogP contribution in [0.25, 0.3) is 11.4 Å². The lowest BCUT2D eigenvalue weighted by Crippen LogP contribution is -2.51. The third-order valence-electron chi connectivity index (χ3n) is 5.27. The molecule has 1 amide bonds. The number of hydrogen-bond donors (Lipinski definition) is 0. The molecule has 1 aromatic heterocycles. The first-order chi connectivity index (χ1) is 12.5. The van der Waals surface area contributed by atoms with E-state index in [1.54, 1.807) is 7.05 Å². The molecular formula is C19H22N4O3. The van der Waals surface area contributed by atoms with E-state index in [4.69, 9.17) is 4.52 Å². The van der Waals surface area contributed by atoms with Crippen LogP contribution in [0.1, 0.15) is 37.7 Å². The van der Waals surface area contributed by atoms with Crippen LogP contribution in [0.2, 0.25) is 0 Å². The van der Waals surface area contributed by atoms with Crippen molar-refractivity contribution in [2.24, 2.45) is 0 Å². The molecule has 7 nitrogen and oxygen atoms in total. The number of likely N-dealkylation sites (N-methyl/N-ethyl adjacent to an activating group) is 1. The van der Waals surface area contributed by atoms with E-state index in [0.717, 1.165) is 30.4 Å². The molecule has 0 saturated heterocycles. The summed E-state index contributed by atoms with van der Waals surface area (Å²) in [5.74, 6) is -0.655. The molecule has 0 spiro atoms. The highest BCUT2D eigenvalue weighted by atomic mass is 16.5. The molecule has 26 heavy (non-hydrogen) atoms. The van der Waals surface area contributed by atoms with Gasteiger partial charge in [0.25, 0.3) is 0 Å². The van der Waals surface area contributed by atoms with Crippen LogP contribution in [0.5, 0.6) is 0 Å². The third-order valence-corrected chi connectivity index (χ3v) is 5.27. The van der Waals surface area contributed by atoms with Crippen molar-refractivity contribution in [1.29, 1.82) is 5.26 Å². The number of hydrogen-bond acceptors (Lipinski definition) is 5. The Balaban J connectivity index is 1.89. The maximum atomic E-state index is 12.8. The molecule has 1 aliphatic rings. The molecule has 1 fully saturated rings. The summed E-state index contributed by atoms with van der Waals surface area (Å²) >= 11 is 0. The molecule has 3 rings (SSSR count). The van der Waals surface area contributed by atoms with Gasteiger partial charge in [-0.3, -0.25) is 9.32 Å². The maximum Gasteiger partial charge on any atom is 0.442 e. The first-order valence-electron chi connectivity index (χ1n) is 8.79. The highest BCUT2D eigenvalue weighted by molar-refractivity contribution is 5.78. The fraction of sp³-hybridized carbons (Fsp3) is 0.474. The molecule has 136 valence electrons. The van der Waals surface area contributed by atoms with Gasteiger partial charge in [0.2, 0.25) is 5.91 Å². The second-order valence-electron chi connectivity index (χ2n) is 6.83. The average molecular weight is 354 g/mol. The van der Waals surface area contributed by atoms with Gasteiger partial charge in [-0.25, -0.2) is 9.36 Å². The molecule has 0 N–H and O–H groups in total. The number of carbonyl (C=O) groups excluding carboxylic acids is 1. The van der Waals surface area contributed by atoms with Crippen molar-refractivity contribution >= 4 is 5.91 Å². The Morgan fingerprint density at radius 3 is 2.69 bits per heavy atom. The zero-order valence-electron chi connectivity index (χ0n) is 15.1. The summed E-state index contributed by atoms with van der Waals surface area (Å²) in [6.07, 6.45) is 4.25. The van der Waals surface area contributed by atoms with Crippen LogP contribution in [0.4, 0.5) is 0 Å². The number of rotatable bonds is 4. The summed E-state index contributed by atoms with van der Waals surface area (Å²) in [6.45, 7) is 1.70. The molecule has 2 aromatic rings. The number of amides is 1. The summed E-state index contributed by atoms with van der Waals surface area (Å²) in [4.78, 5) is 26.4. The first kappa shape index (κ1) is 17.9. The predicted molar refractivity (Wildman–Crippen MR) is 95.1 cm³/mol. The smallest absolute Gasteiger partial charge is 0.325 e. The Morgan fingerprint density at radius 2 is 2.04 bits per heavy atom. The van der Waals surface area contributed by atoms with Crippen molar-refractivity contribution < 1.29 is 9.32 Å². The van der Waals surface area contributed by atoms with E-state index in [2.05, 4.69) is 11.2 Å². The summed E-state index contributed by atoms with van der Waals surface area (Å²) in [6, 6.07) is 9.79. The lowest BCUT2D eigenvalue weighted by atomic mass is 9.81. The molecule has 0 bridgehead atoms. The second-order valence-corrected chi connectivity index (χ2v) is 6.83. The lowest BCUT2D eigenvalue weighted by molar-refractivity contribution is -0.135. The van der Waals surface area contributed by atoms with Crippen molar-refractivity contribution in [3.8, 4) is 17.5 Å². The van der Waals surface area contributed by atoms with E-state index in [1.165, 1.54) is 9.47 Å². The van der Waals surface area contributed by atoms with Crippen LogP contribution < -0.4 is 5.76 Å². The molecular weight excluding hydrogens is 332 g/mol. The first-order valence-corrected chi connectivity index (χ1v) is 8.79. The second kappa shape index (κ2) is 7.16. The number of aryl methyl sites for hydroxylation is 1. The molecule has 7 heteroatoms. The largest absolute Gasteiger partial charge is 0.442 e. The standard InChI is InChI=1S/C19H22N4O3/c1-14-8-4-5-9-15(14)17-21-26-18(25)23(17)12-16(24)22(2)19(13-20)10-6-3-7-11-19/h4-5,8-9H,3,6-7,10-12H2,1-2H3. The van der Waals surface area contributed by atoms with Crippen molar-refractivity contribution in [2.75, 3.05) is 7.05 Å². The van der Waals surface area contributed by atoms with E-state index in [9.17, 15) is 14.9 Å². The van der Waals surface area contributed by atoms with Gasteiger partial charge in [-0.15, -0.1) is 0 Å². The lowest BCUT2D eigenvalue weighted by Gasteiger charge is -2.39. The van der Waals surface area contributed by atoms with Crippen molar-refractivity contribution in [3.63, 3.8) is 0 Å². The molecule has 1 aromatic carbocycles. The summed E-state index contributed by atoms with van der Waals surface area (Å²) in [5, 5.41) is 13.5. The highest BCUT2D eigenvalue weighted by Gasteiger charge is 2.39. The van der Waals surface area contributed by atoms with Crippen LogP contribution in [0.3, 0.4) is 0 Å². The topological polar surface area (TPSA) is 92.1 Å². The third kappa shape index (κ3) is 3.15. The van der Waals surface area contributed by atoms with Crippen molar-refractivity contribution in [1.82, 2.24) is 14.6 Å². The predicted octanol–water partition coefficient (Wildman–Crippen LogP) is 2.50. The minimum absolute atomic E-state index is 0.202. The fourth-order valence-electron chi connectivity index (χ4n) is 3.56. The van der Waals surface area contributed by atoms with Crippen molar-refractivity contribution in [3.05, 3.63) is 40.4 Å². The minimum Gasteiger partial charge on any atom is -0.325 e. The SMILES string of the molecule is Cc1ccccc1-c1noc(=O)n1CC(=O)N(C)C1(C#N)CCCCC1. The summed E-state index contributed by atoms with van der Waals surface area (Å²) in [5.41, 5.74) is 0.872. The van der Waals surface area contributed by atoms with E-state index < -0.39 is 11.3 Å². The van der Waals surface area contributed by atoms with E-state index in [0.29, 0.717) is 18.7 Å². The molecule has 0 radical (unpaired) electrons. The fourth-order valence-corrected chi connectivity index (χ4v) is 3.56. The van der Waals surface area contributed by atoms with E-state index >= 15 is 0 Å². The molecule has 0 unspecified atom stereocenters. The van der Waals surface area contributed by atoms with Gasteiger partial charge in [0, 0.05) is 12.6 Å². The van der Waals surface area contributed by atoms with Gasteiger partial charge in [0.1, 0.15) is 12.1 Å². The van der Waals surface area contributed by atoms with Gasteiger partial charge in [0.05, 0.1) is 6.07 Å². The van der Waals surface area contributed by atoms with Gasteiger partial charge in [-0.05, 0) is 25.3 Å². The Morgan fingerprint density at radius 1 is 1.35 bits per heavy atom. The monoisotopic (exact) mass is 354 g/mol. The van der Waals surface area contributed by atoms with Crippen LogP contribution in [-0.4, -0.2) is 33.1 Å². The van der Waals surface area contributed by atoms with Crippen LogP contribution in [-0.2, 0) is 11.3 Å². The maximum absolute atomic E-state index is 12.8. The van der Waals surface area contributed by atoms with Gasteiger partial charge < -0.3 is 4.90 Å². The number of nitriles is 1. The van der Waals surface area contributed by atoms with Crippen molar-refractivity contribution in [2.45, 2.75) is 51.1 Å². The van der Waals surface area contributed by atoms with Crippen LogP contribution in [0, 0.1) is 18.3 Å². The van der Waals surface area contributed by atoms with Gasteiger partial charge >= 0.3 is 5.76 Å². The Bertz CT molecular complexity index is 900. The van der Waals surface area contributed by atoms with Gasteiger partial charge in [-0.1, -0.05) is 48.7 Å². The Labute approximate surface area is 151 Å². The summed E-state index contributed by atoms with van der Waals surface area (Å²) in [7, 11) is 1.64. The highest BCUT2D eigenvalue weighted by Crippen LogP contribution is 2.32. The number of aromatic nitrogens is 2. The van der Waals surface area contributed by atoms with Gasteiger partial charge in [0.15, 0.2) is 5.82 Å². The molecule has 0 atom stereocenters. The summed E-state index contributed by atoms with van der Waals surface area (Å²) < 4.78 is 6.04. The Hall–Kier alpha value is -2.88. The van der Waals surface area contributed by atoms with E-state index in [-0.39, 0.29) is 12.5 Å². The zero-order valence-corrected chi connectivity index (χ0v) is 15.1. The average Bonchev–Trinajstić information content (AvgIpc) is 3.02. The normalized spacial score (nSPS) is 16.0. The molecule has 0 aliphatic heterocycles. The zero-order chi connectivity index (χ0) is 18.7. The Kier molecular flexibility index (Phi) is 4.94. The van der Waals surface area contributed by atoms with E-state index in [1.807, 2.05) is 31.2 Å². The minimum atomic E-state index is -0.793. The quantitative estimate of drug-likeness (QED) is 0.841. The number of nitrogens with zero attached hydrogens (tertiary/aromatic N) is 4.